The summed E-state index contributed by atoms with van der Waals surface area (Å²) in [5.41, 5.74) is 3.48. The van der Waals surface area contributed by atoms with Gasteiger partial charge in [0.25, 0.3) is 5.91 Å². The minimum atomic E-state index is -0.400. The van der Waals surface area contributed by atoms with E-state index in [4.69, 9.17) is 0 Å². The molecule has 0 fully saturated rings. The van der Waals surface area contributed by atoms with E-state index in [0.29, 0.717) is 29.8 Å². The number of hydrogen-bond donors (Lipinski definition) is 0. The van der Waals surface area contributed by atoms with Gasteiger partial charge in [-0.05, 0) is 47.9 Å². The average molecular weight is 359 g/mol. The summed E-state index contributed by atoms with van der Waals surface area (Å²) in [6.45, 7) is 1.16. The molecule has 0 atom stereocenters. The zero-order valence-electron chi connectivity index (χ0n) is 14.7. The number of nitrogens with zero attached hydrogens (tertiary/aromatic N) is 1. The molecule has 1 heterocycles. The van der Waals surface area contributed by atoms with Gasteiger partial charge >= 0.3 is 0 Å². The van der Waals surface area contributed by atoms with Gasteiger partial charge < -0.3 is 4.90 Å². The summed E-state index contributed by atoms with van der Waals surface area (Å²) in [6, 6.07) is 20.3. The first kappa shape index (κ1) is 17.2. The van der Waals surface area contributed by atoms with Crippen LogP contribution in [0, 0.1) is 5.82 Å². The molecule has 0 spiro atoms. The highest BCUT2D eigenvalue weighted by molar-refractivity contribution is 6.15. The number of amides is 1. The van der Waals surface area contributed by atoms with E-state index in [0.717, 1.165) is 12.0 Å². The molecule has 27 heavy (non-hydrogen) atoms. The SMILES string of the molecule is O=C(c1ccc(F)cc1)c1ccccc1C(=O)N1CCc2ccccc2C1. The molecule has 4 heteroatoms. The van der Waals surface area contributed by atoms with Crippen molar-refractivity contribution in [1.82, 2.24) is 4.90 Å². The zero-order chi connectivity index (χ0) is 18.8. The Morgan fingerprint density at radius 2 is 1.41 bits per heavy atom. The molecule has 0 bridgehead atoms. The first-order valence-corrected chi connectivity index (χ1v) is 8.89. The molecule has 0 unspecified atom stereocenters. The van der Waals surface area contributed by atoms with Gasteiger partial charge in [0.1, 0.15) is 5.82 Å². The lowest BCUT2D eigenvalue weighted by molar-refractivity contribution is 0.0730. The van der Waals surface area contributed by atoms with E-state index in [2.05, 4.69) is 6.07 Å². The highest BCUT2D eigenvalue weighted by atomic mass is 19.1. The predicted octanol–water partition coefficient (Wildman–Crippen LogP) is 4.26. The van der Waals surface area contributed by atoms with Crippen LogP contribution in [-0.2, 0) is 13.0 Å². The molecule has 4 rings (SSSR count). The van der Waals surface area contributed by atoms with Crippen molar-refractivity contribution in [2.24, 2.45) is 0 Å². The predicted molar refractivity (Wildman–Crippen MR) is 101 cm³/mol. The Balaban J connectivity index is 1.64. The average Bonchev–Trinajstić information content (AvgIpc) is 2.73. The maximum absolute atomic E-state index is 13.2. The lowest BCUT2D eigenvalue weighted by atomic mass is 9.95. The Morgan fingerprint density at radius 3 is 2.15 bits per heavy atom. The van der Waals surface area contributed by atoms with Crippen molar-refractivity contribution in [2.75, 3.05) is 6.54 Å². The maximum Gasteiger partial charge on any atom is 0.254 e. The third-order valence-electron chi connectivity index (χ3n) is 4.93. The Bertz CT molecular complexity index is 1010. The van der Waals surface area contributed by atoms with E-state index in [1.165, 1.54) is 29.8 Å². The summed E-state index contributed by atoms with van der Waals surface area (Å²) in [5, 5.41) is 0. The molecule has 0 aliphatic carbocycles. The van der Waals surface area contributed by atoms with Crippen LogP contribution >= 0.6 is 0 Å². The third-order valence-corrected chi connectivity index (χ3v) is 4.93. The topological polar surface area (TPSA) is 37.4 Å². The van der Waals surface area contributed by atoms with Crippen molar-refractivity contribution in [2.45, 2.75) is 13.0 Å². The zero-order valence-corrected chi connectivity index (χ0v) is 14.7. The van der Waals surface area contributed by atoms with Crippen LogP contribution in [0.1, 0.15) is 37.4 Å². The number of carbonyl (C=O) groups excluding carboxylic acids is 2. The molecule has 1 amide bonds. The van der Waals surface area contributed by atoms with Crippen molar-refractivity contribution >= 4 is 11.7 Å². The molecule has 1 aliphatic rings. The van der Waals surface area contributed by atoms with Crippen LogP contribution in [0.4, 0.5) is 4.39 Å². The second-order valence-electron chi connectivity index (χ2n) is 6.63. The summed E-state index contributed by atoms with van der Waals surface area (Å²) in [6.07, 6.45) is 0.802. The Labute approximate surface area is 157 Å². The molecule has 134 valence electrons. The highest BCUT2D eigenvalue weighted by Crippen LogP contribution is 2.23. The van der Waals surface area contributed by atoms with Crippen molar-refractivity contribution < 1.29 is 14.0 Å². The van der Waals surface area contributed by atoms with Crippen LogP contribution in [0.15, 0.2) is 72.8 Å². The summed E-state index contributed by atoms with van der Waals surface area (Å²) in [4.78, 5) is 27.8. The normalized spacial score (nSPS) is 13.1. The number of carbonyl (C=O) groups is 2. The summed E-state index contributed by atoms with van der Waals surface area (Å²) in [7, 11) is 0. The number of ketones is 1. The molecule has 0 N–H and O–H groups in total. The fourth-order valence-corrected chi connectivity index (χ4v) is 3.46. The van der Waals surface area contributed by atoms with Crippen LogP contribution in [0.3, 0.4) is 0 Å². The lowest BCUT2D eigenvalue weighted by Crippen LogP contribution is -2.36. The highest BCUT2D eigenvalue weighted by Gasteiger charge is 2.25. The maximum atomic E-state index is 13.2. The molecule has 1 aliphatic heterocycles. The fraction of sp³-hybridized carbons (Fsp3) is 0.130. The first-order valence-electron chi connectivity index (χ1n) is 8.89. The van der Waals surface area contributed by atoms with E-state index in [1.807, 2.05) is 18.2 Å². The van der Waals surface area contributed by atoms with Crippen LogP contribution < -0.4 is 0 Å². The van der Waals surface area contributed by atoms with Gasteiger partial charge in [-0.15, -0.1) is 0 Å². The van der Waals surface area contributed by atoms with Gasteiger partial charge in [-0.3, -0.25) is 9.59 Å². The van der Waals surface area contributed by atoms with E-state index >= 15 is 0 Å². The van der Waals surface area contributed by atoms with Gasteiger partial charge in [0, 0.05) is 24.2 Å². The number of hydrogen-bond acceptors (Lipinski definition) is 2. The molecule has 3 nitrogen and oxygen atoms in total. The van der Waals surface area contributed by atoms with Crippen LogP contribution in [0.25, 0.3) is 0 Å². The van der Waals surface area contributed by atoms with E-state index in [9.17, 15) is 14.0 Å². The van der Waals surface area contributed by atoms with Crippen molar-refractivity contribution in [3.8, 4) is 0 Å². The lowest BCUT2D eigenvalue weighted by Gasteiger charge is -2.29. The molecule has 0 radical (unpaired) electrons. The Kier molecular flexibility index (Phi) is 4.55. The van der Waals surface area contributed by atoms with Crippen LogP contribution in [0.2, 0.25) is 0 Å². The van der Waals surface area contributed by atoms with Gasteiger partial charge in [-0.1, -0.05) is 42.5 Å². The monoisotopic (exact) mass is 359 g/mol. The Morgan fingerprint density at radius 1 is 0.778 bits per heavy atom. The van der Waals surface area contributed by atoms with Crippen molar-refractivity contribution in [3.05, 3.63) is 106 Å². The number of fused-ring (bicyclic) bond motifs is 1. The molecule has 3 aromatic rings. The summed E-state index contributed by atoms with van der Waals surface area (Å²) >= 11 is 0. The molecule has 0 saturated carbocycles. The fourth-order valence-electron chi connectivity index (χ4n) is 3.46. The molecule has 0 aromatic heterocycles. The minimum Gasteiger partial charge on any atom is -0.334 e. The molecule has 0 saturated heterocycles. The second-order valence-corrected chi connectivity index (χ2v) is 6.63. The number of rotatable bonds is 3. The van der Waals surface area contributed by atoms with E-state index in [-0.39, 0.29) is 11.7 Å². The summed E-state index contributed by atoms with van der Waals surface area (Å²) in [5.74, 6) is -0.838. The van der Waals surface area contributed by atoms with Crippen molar-refractivity contribution in [1.29, 1.82) is 0 Å². The smallest absolute Gasteiger partial charge is 0.254 e. The van der Waals surface area contributed by atoms with Crippen LogP contribution in [0.5, 0.6) is 0 Å². The second kappa shape index (κ2) is 7.16. The molecular formula is C23H18FNO2. The number of benzene rings is 3. The van der Waals surface area contributed by atoms with E-state index in [1.54, 1.807) is 29.2 Å². The quantitative estimate of drug-likeness (QED) is 0.656. The Hall–Kier alpha value is -3.27. The van der Waals surface area contributed by atoms with Crippen LogP contribution in [-0.4, -0.2) is 23.1 Å². The minimum absolute atomic E-state index is 0.157. The molecular weight excluding hydrogens is 341 g/mol. The number of halogens is 1. The van der Waals surface area contributed by atoms with Gasteiger partial charge in [0.15, 0.2) is 5.78 Å². The largest absolute Gasteiger partial charge is 0.334 e. The molecule has 3 aromatic carbocycles. The summed E-state index contributed by atoms with van der Waals surface area (Å²) < 4.78 is 13.2. The van der Waals surface area contributed by atoms with Gasteiger partial charge in [-0.2, -0.15) is 0 Å². The first-order chi connectivity index (χ1) is 13.1. The standard InChI is InChI=1S/C23H18FNO2/c24-19-11-9-17(10-12-19)22(26)20-7-3-4-8-21(20)23(27)25-14-13-16-5-1-2-6-18(16)15-25/h1-12H,13-15H2. The van der Waals surface area contributed by atoms with Crippen molar-refractivity contribution in [3.63, 3.8) is 0 Å². The van der Waals surface area contributed by atoms with E-state index < -0.39 is 5.82 Å². The van der Waals surface area contributed by atoms with Gasteiger partial charge in [0.05, 0.1) is 5.56 Å². The van der Waals surface area contributed by atoms with Gasteiger partial charge in [-0.25, -0.2) is 4.39 Å². The van der Waals surface area contributed by atoms with Gasteiger partial charge in [0.2, 0.25) is 0 Å². The third kappa shape index (κ3) is 3.38.